The lowest BCUT2D eigenvalue weighted by atomic mass is 10.2. The summed E-state index contributed by atoms with van der Waals surface area (Å²) < 4.78 is 11.1. The van der Waals surface area contributed by atoms with E-state index in [-0.39, 0.29) is 0 Å². The summed E-state index contributed by atoms with van der Waals surface area (Å²) in [5.74, 6) is 0.946. The van der Waals surface area contributed by atoms with Crippen LogP contribution in [0.2, 0.25) is 0 Å². The first-order chi connectivity index (χ1) is 7.92. The molecule has 1 aromatic carbocycles. The van der Waals surface area contributed by atoms with Gasteiger partial charge in [-0.1, -0.05) is 0 Å². The van der Waals surface area contributed by atoms with E-state index in [1.807, 2.05) is 12.3 Å². The number of aromatic nitrogens is 1. The predicted octanol–water partition coefficient (Wildman–Crippen LogP) is 2.43. The number of benzene rings is 1. The first-order valence-electron chi connectivity index (χ1n) is 5.62. The molecular formula is C12H14N2OS. The van der Waals surface area contributed by atoms with Crippen molar-refractivity contribution in [2.45, 2.75) is 18.9 Å². The van der Waals surface area contributed by atoms with E-state index in [4.69, 9.17) is 4.74 Å². The number of hydrogen-bond donors (Lipinski definition) is 1. The summed E-state index contributed by atoms with van der Waals surface area (Å²) >= 11 is 1.52. The summed E-state index contributed by atoms with van der Waals surface area (Å²) in [5, 5.41) is 4.59. The predicted molar refractivity (Wildman–Crippen MR) is 66.1 cm³/mol. The van der Waals surface area contributed by atoms with Gasteiger partial charge in [-0.15, -0.1) is 0 Å². The third-order valence-electron chi connectivity index (χ3n) is 2.94. The third kappa shape index (κ3) is 2.03. The van der Waals surface area contributed by atoms with Crippen molar-refractivity contribution in [2.75, 3.05) is 13.2 Å². The van der Waals surface area contributed by atoms with Crippen LogP contribution in [0, 0.1) is 0 Å². The molecule has 1 aromatic heterocycles. The molecule has 3 rings (SSSR count). The van der Waals surface area contributed by atoms with Gasteiger partial charge in [0.1, 0.15) is 12.4 Å². The molecule has 0 aliphatic carbocycles. The van der Waals surface area contributed by atoms with Gasteiger partial charge < -0.3 is 10.1 Å². The van der Waals surface area contributed by atoms with E-state index in [0.29, 0.717) is 6.04 Å². The molecule has 0 spiro atoms. The largest absolute Gasteiger partial charge is 0.492 e. The summed E-state index contributed by atoms with van der Waals surface area (Å²) in [6, 6.07) is 6.68. The van der Waals surface area contributed by atoms with Gasteiger partial charge in [0.25, 0.3) is 0 Å². The Bertz CT molecular complexity index is 477. The Morgan fingerprint density at radius 2 is 2.50 bits per heavy atom. The zero-order chi connectivity index (χ0) is 10.8. The standard InChI is InChI=1S/C12H14N2OS/c1-2-10(13-5-1)8-15-11-3-4-12-9(6-11)7-14-16-12/h3-4,6-7,10,13H,1-2,5,8H2. The van der Waals surface area contributed by atoms with Gasteiger partial charge in [0.15, 0.2) is 0 Å². The van der Waals surface area contributed by atoms with Gasteiger partial charge in [-0.3, -0.25) is 0 Å². The van der Waals surface area contributed by atoms with Crippen LogP contribution in [-0.2, 0) is 0 Å². The van der Waals surface area contributed by atoms with Crippen LogP contribution in [0.4, 0.5) is 0 Å². The molecule has 2 heterocycles. The molecule has 1 aliphatic rings. The lowest BCUT2D eigenvalue weighted by molar-refractivity contribution is 0.277. The second-order valence-corrected chi connectivity index (χ2v) is 4.96. The van der Waals surface area contributed by atoms with Crippen molar-refractivity contribution in [2.24, 2.45) is 0 Å². The molecule has 0 bridgehead atoms. The van der Waals surface area contributed by atoms with E-state index in [0.717, 1.165) is 18.9 Å². The summed E-state index contributed by atoms with van der Waals surface area (Å²) in [4.78, 5) is 0. The van der Waals surface area contributed by atoms with Gasteiger partial charge in [-0.05, 0) is 49.1 Å². The Balaban J connectivity index is 1.68. The van der Waals surface area contributed by atoms with Crippen molar-refractivity contribution in [1.82, 2.24) is 9.69 Å². The topological polar surface area (TPSA) is 34.1 Å². The minimum absolute atomic E-state index is 0.524. The van der Waals surface area contributed by atoms with E-state index >= 15 is 0 Å². The van der Waals surface area contributed by atoms with E-state index in [1.54, 1.807) is 0 Å². The number of nitrogens with one attached hydrogen (secondary N) is 1. The molecule has 2 aromatic rings. The van der Waals surface area contributed by atoms with Gasteiger partial charge >= 0.3 is 0 Å². The molecule has 1 fully saturated rings. The Morgan fingerprint density at radius 1 is 1.50 bits per heavy atom. The number of fused-ring (bicyclic) bond motifs is 1. The molecule has 1 unspecified atom stereocenters. The minimum Gasteiger partial charge on any atom is -0.492 e. The fourth-order valence-electron chi connectivity index (χ4n) is 2.04. The molecule has 0 saturated carbocycles. The maximum Gasteiger partial charge on any atom is 0.120 e. The van der Waals surface area contributed by atoms with E-state index < -0.39 is 0 Å². The average Bonchev–Trinajstić information content (AvgIpc) is 2.97. The van der Waals surface area contributed by atoms with Crippen molar-refractivity contribution < 1.29 is 4.74 Å². The molecule has 16 heavy (non-hydrogen) atoms. The van der Waals surface area contributed by atoms with Gasteiger partial charge in [0.05, 0.1) is 4.70 Å². The van der Waals surface area contributed by atoms with E-state index in [9.17, 15) is 0 Å². The summed E-state index contributed by atoms with van der Waals surface area (Å²) in [7, 11) is 0. The van der Waals surface area contributed by atoms with E-state index in [2.05, 4.69) is 21.8 Å². The summed E-state index contributed by atoms with van der Waals surface area (Å²) in [6.07, 6.45) is 4.38. The maximum atomic E-state index is 5.78. The highest BCUT2D eigenvalue weighted by atomic mass is 32.1. The van der Waals surface area contributed by atoms with Gasteiger partial charge in [0, 0.05) is 17.6 Å². The summed E-state index contributed by atoms with van der Waals surface area (Å²) in [6.45, 7) is 1.89. The van der Waals surface area contributed by atoms with Crippen LogP contribution in [0.15, 0.2) is 24.4 Å². The molecule has 1 saturated heterocycles. The fraction of sp³-hybridized carbons (Fsp3) is 0.417. The van der Waals surface area contributed by atoms with Crippen LogP contribution >= 0.6 is 11.5 Å². The molecule has 1 aliphatic heterocycles. The quantitative estimate of drug-likeness (QED) is 0.885. The zero-order valence-electron chi connectivity index (χ0n) is 8.98. The van der Waals surface area contributed by atoms with Gasteiger partial charge in [-0.25, -0.2) is 0 Å². The van der Waals surface area contributed by atoms with Crippen LogP contribution in [-0.4, -0.2) is 23.6 Å². The Morgan fingerprint density at radius 3 is 3.38 bits per heavy atom. The second kappa shape index (κ2) is 4.39. The highest BCUT2D eigenvalue weighted by molar-refractivity contribution is 7.13. The third-order valence-corrected chi connectivity index (χ3v) is 3.72. The normalized spacial score (nSPS) is 20.4. The number of rotatable bonds is 3. The summed E-state index contributed by atoms with van der Waals surface area (Å²) in [5.41, 5.74) is 0. The Kier molecular flexibility index (Phi) is 2.76. The molecule has 4 heteroatoms. The molecule has 1 N–H and O–H groups in total. The fourth-order valence-corrected chi connectivity index (χ4v) is 2.66. The molecule has 1 atom stereocenters. The van der Waals surface area contributed by atoms with E-state index in [1.165, 1.54) is 34.5 Å². The number of hydrogen-bond acceptors (Lipinski definition) is 4. The van der Waals surface area contributed by atoms with Gasteiger partial charge in [0.2, 0.25) is 0 Å². The van der Waals surface area contributed by atoms with Crippen molar-refractivity contribution in [3.05, 3.63) is 24.4 Å². The monoisotopic (exact) mass is 234 g/mol. The number of ether oxygens (including phenoxy) is 1. The molecule has 84 valence electrons. The first kappa shape index (κ1) is 10.1. The lowest BCUT2D eigenvalue weighted by Crippen LogP contribution is -2.28. The first-order valence-corrected chi connectivity index (χ1v) is 6.40. The number of nitrogens with zero attached hydrogens (tertiary/aromatic N) is 1. The van der Waals surface area contributed by atoms with Crippen molar-refractivity contribution in [1.29, 1.82) is 0 Å². The Hall–Kier alpha value is -1.13. The van der Waals surface area contributed by atoms with Crippen LogP contribution in [0.25, 0.3) is 10.1 Å². The highest BCUT2D eigenvalue weighted by Gasteiger charge is 2.14. The van der Waals surface area contributed by atoms with Crippen LogP contribution in [0.3, 0.4) is 0 Å². The highest BCUT2D eigenvalue weighted by Crippen LogP contribution is 2.23. The van der Waals surface area contributed by atoms with Crippen molar-refractivity contribution in [3.8, 4) is 5.75 Å². The average molecular weight is 234 g/mol. The molecule has 0 radical (unpaired) electrons. The SMILES string of the molecule is c1cc2sncc2cc1OCC1CCCN1. The van der Waals surface area contributed by atoms with Crippen molar-refractivity contribution in [3.63, 3.8) is 0 Å². The Labute approximate surface area is 98.6 Å². The van der Waals surface area contributed by atoms with Crippen molar-refractivity contribution >= 4 is 21.6 Å². The molecule has 3 nitrogen and oxygen atoms in total. The lowest BCUT2D eigenvalue weighted by Gasteiger charge is -2.11. The molecule has 0 amide bonds. The second-order valence-electron chi connectivity index (χ2n) is 4.13. The van der Waals surface area contributed by atoms with Crippen LogP contribution in [0.1, 0.15) is 12.8 Å². The molecular weight excluding hydrogens is 220 g/mol. The zero-order valence-corrected chi connectivity index (χ0v) is 9.80. The van der Waals surface area contributed by atoms with Crippen LogP contribution < -0.4 is 10.1 Å². The van der Waals surface area contributed by atoms with Crippen LogP contribution in [0.5, 0.6) is 5.75 Å². The van der Waals surface area contributed by atoms with Gasteiger partial charge in [-0.2, -0.15) is 4.37 Å². The smallest absolute Gasteiger partial charge is 0.120 e. The minimum atomic E-state index is 0.524. The maximum absolute atomic E-state index is 5.78.